The van der Waals surface area contributed by atoms with Gasteiger partial charge < -0.3 is 5.73 Å². The Hall–Kier alpha value is -1.05. The molecule has 0 atom stereocenters. The topological polar surface area (TPSA) is 51.8 Å². The smallest absolute Gasteiger partial charge is 0.174 e. The molecule has 0 saturated heterocycles. The molecule has 0 unspecified atom stereocenters. The van der Waals surface area contributed by atoms with Crippen LogP contribution in [0.2, 0.25) is 0 Å². The van der Waals surface area contributed by atoms with Crippen LogP contribution in [-0.2, 0) is 6.54 Å². The van der Waals surface area contributed by atoms with E-state index in [1.54, 1.807) is 0 Å². The van der Waals surface area contributed by atoms with Crippen molar-refractivity contribution in [1.82, 2.24) is 9.36 Å². The first-order valence-electron chi connectivity index (χ1n) is 4.33. The van der Waals surface area contributed by atoms with Crippen molar-refractivity contribution in [2.75, 3.05) is 0 Å². The fourth-order valence-electron chi connectivity index (χ4n) is 1.12. The van der Waals surface area contributed by atoms with Crippen molar-refractivity contribution in [1.29, 1.82) is 0 Å². The van der Waals surface area contributed by atoms with Crippen molar-refractivity contribution in [2.45, 2.75) is 15.8 Å². The van der Waals surface area contributed by atoms with Gasteiger partial charge in [0.2, 0.25) is 0 Å². The molecule has 3 nitrogen and oxygen atoms in total. The van der Waals surface area contributed by atoms with E-state index in [4.69, 9.17) is 5.73 Å². The minimum Gasteiger partial charge on any atom is -0.326 e. The highest BCUT2D eigenvalue weighted by Gasteiger charge is 2.13. The Labute approximate surface area is 98.9 Å². The Morgan fingerprint density at radius 2 is 2.00 bits per heavy atom. The van der Waals surface area contributed by atoms with Crippen molar-refractivity contribution in [3.63, 3.8) is 0 Å². The van der Waals surface area contributed by atoms with Gasteiger partial charge in [0.15, 0.2) is 4.34 Å². The number of rotatable bonds is 3. The van der Waals surface area contributed by atoms with Crippen LogP contribution in [0.15, 0.2) is 27.7 Å². The number of hydrogen-bond acceptors (Lipinski definition) is 5. The summed E-state index contributed by atoms with van der Waals surface area (Å²) in [4.78, 5) is 3.77. The number of nitrogens with zero attached hydrogens (tertiary/aromatic N) is 2. The van der Waals surface area contributed by atoms with Gasteiger partial charge in [-0.25, -0.2) is 13.8 Å². The molecule has 84 valence electrons. The van der Waals surface area contributed by atoms with Crippen LogP contribution in [0.25, 0.3) is 0 Å². The van der Waals surface area contributed by atoms with Gasteiger partial charge in [-0.1, -0.05) is 11.8 Å². The molecular formula is C9H7F2N3S2. The second kappa shape index (κ2) is 4.86. The van der Waals surface area contributed by atoms with Gasteiger partial charge in [-0.15, -0.1) is 0 Å². The normalized spacial score (nSPS) is 10.7. The minimum absolute atomic E-state index is 0.0750. The molecule has 0 saturated carbocycles. The van der Waals surface area contributed by atoms with Crippen molar-refractivity contribution < 1.29 is 8.78 Å². The summed E-state index contributed by atoms with van der Waals surface area (Å²) in [5.74, 6) is -1.25. The van der Waals surface area contributed by atoms with E-state index in [1.165, 1.54) is 18.5 Å². The highest BCUT2D eigenvalue weighted by Crippen LogP contribution is 2.32. The molecule has 0 aliphatic rings. The van der Waals surface area contributed by atoms with Crippen molar-refractivity contribution in [2.24, 2.45) is 5.73 Å². The third kappa shape index (κ3) is 2.37. The monoisotopic (exact) mass is 259 g/mol. The average molecular weight is 259 g/mol. The third-order valence-corrected chi connectivity index (χ3v) is 3.63. The maximum absolute atomic E-state index is 13.5. The lowest BCUT2D eigenvalue weighted by Gasteiger charge is -2.04. The number of benzene rings is 1. The Balaban J connectivity index is 2.34. The van der Waals surface area contributed by atoms with E-state index in [0.29, 0.717) is 9.90 Å². The van der Waals surface area contributed by atoms with Crippen molar-refractivity contribution in [3.05, 3.63) is 35.7 Å². The number of hydrogen-bond donors (Lipinski definition) is 1. The van der Waals surface area contributed by atoms with Crippen LogP contribution >= 0.6 is 23.3 Å². The zero-order valence-corrected chi connectivity index (χ0v) is 9.62. The molecule has 0 amide bonds. The van der Waals surface area contributed by atoms with E-state index < -0.39 is 11.6 Å². The van der Waals surface area contributed by atoms with Crippen molar-refractivity contribution >= 4 is 23.3 Å². The van der Waals surface area contributed by atoms with Gasteiger partial charge in [-0.2, -0.15) is 4.37 Å². The maximum atomic E-state index is 13.5. The predicted octanol–water partition coefficient (Wildman–Crippen LogP) is 2.43. The SMILES string of the molecule is NCc1cc(F)c(Sc2ncns2)c(F)c1. The molecular weight excluding hydrogens is 252 g/mol. The number of nitrogens with two attached hydrogens (primary N) is 1. The lowest BCUT2D eigenvalue weighted by atomic mass is 10.2. The quantitative estimate of drug-likeness (QED) is 0.919. The fourth-order valence-corrected chi connectivity index (χ4v) is 2.52. The van der Waals surface area contributed by atoms with E-state index in [1.807, 2.05) is 0 Å². The molecule has 0 bridgehead atoms. The summed E-state index contributed by atoms with van der Waals surface area (Å²) in [5, 5.41) is 0. The summed E-state index contributed by atoms with van der Waals surface area (Å²) in [6.45, 7) is 0.109. The first kappa shape index (κ1) is 11.4. The molecule has 1 aromatic carbocycles. The molecule has 0 aliphatic carbocycles. The van der Waals surface area contributed by atoms with Crippen molar-refractivity contribution in [3.8, 4) is 0 Å². The second-order valence-corrected chi connectivity index (χ2v) is 4.94. The van der Waals surface area contributed by atoms with Gasteiger partial charge in [-0.05, 0) is 29.2 Å². The lowest BCUT2D eigenvalue weighted by Crippen LogP contribution is -1.99. The largest absolute Gasteiger partial charge is 0.326 e. The third-order valence-electron chi connectivity index (χ3n) is 1.82. The Morgan fingerprint density at radius 3 is 2.50 bits per heavy atom. The molecule has 2 rings (SSSR count). The van der Waals surface area contributed by atoms with E-state index in [0.717, 1.165) is 23.3 Å². The first-order chi connectivity index (χ1) is 7.70. The van der Waals surface area contributed by atoms with Gasteiger partial charge in [0.1, 0.15) is 18.0 Å². The van der Waals surface area contributed by atoms with Crippen LogP contribution in [0.3, 0.4) is 0 Å². The minimum atomic E-state index is -0.624. The fraction of sp³-hybridized carbons (Fsp3) is 0.111. The molecule has 16 heavy (non-hydrogen) atoms. The predicted molar refractivity (Wildman–Crippen MR) is 58.3 cm³/mol. The Bertz CT molecular complexity index is 464. The van der Waals surface area contributed by atoms with E-state index >= 15 is 0 Å². The van der Waals surface area contributed by atoms with Crippen LogP contribution in [0.4, 0.5) is 8.78 Å². The van der Waals surface area contributed by atoms with Gasteiger partial charge in [0.05, 0.1) is 4.90 Å². The molecule has 0 fully saturated rings. The second-order valence-electron chi connectivity index (χ2n) is 2.90. The molecule has 0 aliphatic heterocycles. The Morgan fingerprint density at radius 1 is 1.31 bits per heavy atom. The lowest BCUT2D eigenvalue weighted by molar-refractivity contribution is 0.537. The summed E-state index contributed by atoms with van der Waals surface area (Å²) < 4.78 is 31.3. The van der Waals surface area contributed by atoms with E-state index in [-0.39, 0.29) is 11.4 Å². The Kier molecular flexibility index (Phi) is 3.47. The standard InChI is InChI=1S/C9H7F2N3S2/c10-6-1-5(3-12)2-7(11)8(6)15-9-13-4-14-16-9/h1-2,4H,3,12H2. The van der Waals surface area contributed by atoms with Crippen LogP contribution in [0.1, 0.15) is 5.56 Å². The van der Waals surface area contributed by atoms with Crippen LogP contribution in [-0.4, -0.2) is 9.36 Å². The maximum Gasteiger partial charge on any atom is 0.174 e. The summed E-state index contributed by atoms with van der Waals surface area (Å²) >= 11 is 2.01. The average Bonchev–Trinajstić information content (AvgIpc) is 2.75. The summed E-state index contributed by atoms with van der Waals surface area (Å²) in [6, 6.07) is 2.46. The first-order valence-corrected chi connectivity index (χ1v) is 5.92. The summed E-state index contributed by atoms with van der Waals surface area (Å²) in [5.41, 5.74) is 5.74. The van der Waals surface area contributed by atoms with Gasteiger partial charge in [0.25, 0.3) is 0 Å². The van der Waals surface area contributed by atoms with Gasteiger partial charge in [0, 0.05) is 6.54 Å². The molecule has 0 spiro atoms. The zero-order valence-electron chi connectivity index (χ0n) is 7.98. The molecule has 1 heterocycles. The van der Waals surface area contributed by atoms with Gasteiger partial charge >= 0.3 is 0 Å². The molecule has 1 aromatic heterocycles. The zero-order chi connectivity index (χ0) is 11.5. The molecule has 2 aromatic rings. The van der Waals surface area contributed by atoms with Crippen LogP contribution in [0, 0.1) is 11.6 Å². The highest BCUT2D eigenvalue weighted by molar-refractivity contribution is 8.01. The molecule has 0 radical (unpaired) electrons. The highest BCUT2D eigenvalue weighted by atomic mass is 32.2. The summed E-state index contributed by atoms with van der Waals surface area (Å²) in [7, 11) is 0. The van der Waals surface area contributed by atoms with E-state index in [2.05, 4.69) is 9.36 Å². The number of aromatic nitrogens is 2. The van der Waals surface area contributed by atoms with Crippen LogP contribution < -0.4 is 5.73 Å². The van der Waals surface area contributed by atoms with E-state index in [9.17, 15) is 8.78 Å². The summed E-state index contributed by atoms with van der Waals surface area (Å²) in [6.07, 6.45) is 1.34. The number of halogens is 2. The van der Waals surface area contributed by atoms with Gasteiger partial charge in [-0.3, -0.25) is 0 Å². The van der Waals surface area contributed by atoms with Crippen LogP contribution in [0.5, 0.6) is 0 Å². The molecule has 7 heteroatoms. The molecule has 2 N–H and O–H groups in total.